The van der Waals surface area contributed by atoms with E-state index >= 15 is 0 Å². The molecule has 0 bridgehead atoms. The van der Waals surface area contributed by atoms with Gasteiger partial charge in [0.25, 0.3) is 0 Å². The second-order valence-corrected chi connectivity index (χ2v) is 16.2. The number of hydrogen-bond acceptors (Lipinski definition) is 7. The van der Waals surface area contributed by atoms with Crippen molar-refractivity contribution in [3.8, 4) is 0 Å². The van der Waals surface area contributed by atoms with Crippen molar-refractivity contribution in [2.45, 2.75) is 161 Å². The zero-order valence-corrected chi connectivity index (χ0v) is 34.7. The molecule has 52 heavy (non-hydrogen) atoms. The third kappa shape index (κ3) is 37.7. The van der Waals surface area contributed by atoms with Gasteiger partial charge in [-0.05, 0) is 57.8 Å². The Hall–Kier alpha value is -2.03. The third-order valence-electron chi connectivity index (χ3n) is 8.40. The summed E-state index contributed by atoms with van der Waals surface area (Å²) in [6.45, 7) is 4.23. The first-order chi connectivity index (χ1) is 25.0. The van der Waals surface area contributed by atoms with E-state index in [2.05, 4.69) is 44.2 Å². The molecule has 0 rings (SSSR count). The van der Waals surface area contributed by atoms with Crippen molar-refractivity contribution in [2.24, 2.45) is 0 Å². The second kappa shape index (κ2) is 34.7. The normalized spacial score (nSPS) is 14.2. The van der Waals surface area contributed by atoms with Gasteiger partial charge >= 0.3 is 19.8 Å². The number of phosphoric ester groups is 1. The molecule has 10 heteroatoms. The number of likely N-dealkylation sites (N-methyl/N-ethyl adjacent to an activating group) is 1. The molecule has 2 atom stereocenters. The monoisotopic (exact) mass is 755 g/mol. The van der Waals surface area contributed by atoms with Crippen LogP contribution in [0, 0.1) is 0 Å². The van der Waals surface area contributed by atoms with E-state index in [4.69, 9.17) is 18.5 Å². The highest BCUT2D eigenvalue weighted by Crippen LogP contribution is 2.43. The van der Waals surface area contributed by atoms with Crippen molar-refractivity contribution in [1.82, 2.24) is 0 Å². The first-order valence-corrected chi connectivity index (χ1v) is 21.9. The number of esters is 2. The van der Waals surface area contributed by atoms with Gasteiger partial charge in [-0.15, -0.1) is 0 Å². The largest absolute Gasteiger partial charge is 0.472 e. The van der Waals surface area contributed by atoms with Crippen molar-refractivity contribution in [1.29, 1.82) is 0 Å². The standard InChI is InChI=1S/C42H76NO8P/c1-6-8-10-12-14-16-18-20-21-23-24-26-28-30-32-34-41(44)48-38-40(39-50-52(46,47)49-37-36-43(3,4)5)51-42(45)35-33-31-29-27-25-22-19-17-15-13-11-9-7-2/h9,11,13,15-19,40H,6-8,10,12,14,20-39H2,1-5H3/p+1/b11-9+,15-13+,18-16+,19-17+. The maximum Gasteiger partial charge on any atom is 0.472 e. The smallest absolute Gasteiger partial charge is 0.462 e. The van der Waals surface area contributed by atoms with Crippen LogP contribution in [-0.2, 0) is 32.7 Å². The van der Waals surface area contributed by atoms with Gasteiger partial charge in [-0.2, -0.15) is 0 Å². The molecule has 0 amide bonds. The molecule has 1 N–H and O–H groups in total. The fraction of sp³-hybridized carbons (Fsp3) is 0.762. The van der Waals surface area contributed by atoms with E-state index in [0.29, 0.717) is 17.4 Å². The lowest BCUT2D eigenvalue weighted by Gasteiger charge is -2.24. The molecule has 0 aromatic rings. The lowest BCUT2D eigenvalue weighted by Crippen LogP contribution is -2.37. The summed E-state index contributed by atoms with van der Waals surface area (Å²) in [5.41, 5.74) is 0. The lowest BCUT2D eigenvalue weighted by atomic mass is 10.1. The van der Waals surface area contributed by atoms with Gasteiger partial charge in [0.15, 0.2) is 6.10 Å². The predicted molar refractivity (Wildman–Crippen MR) is 215 cm³/mol. The van der Waals surface area contributed by atoms with Crippen molar-refractivity contribution in [3.63, 3.8) is 0 Å². The Morgan fingerprint density at radius 1 is 0.615 bits per heavy atom. The van der Waals surface area contributed by atoms with Crippen molar-refractivity contribution in [3.05, 3.63) is 48.6 Å². The van der Waals surface area contributed by atoms with E-state index in [1.807, 2.05) is 39.4 Å². The van der Waals surface area contributed by atoms with E-state index in [1.165, 1.54) is 51.4 Å². The molecule has 0 aromatic carbocycles. The molecular weight excluding hydrogens is 677 g/mol. The minimum absolute atomic E-state index is 0.0251. The second-order valence-electron chi connectivity index (χ2n) is 14.7. The molecule has 2 unspecified atom stereocenters. The van der Waals surface area contributed by atoms with Crippen LogP contribution in [0.15, 0.2) is 48.6 Å². The third-order valence-corrected chi connectivity index (χ3v) is 9.39. The van der Waals surface area contributed by atoms with Gasteiger partial charge in [-0.1, -0.05) is 133 Å². The van der Waals surface area contributed by atoms with Crippen LogP contribution in [0.4, 0.5) is 0 Å². The molecule has 0 saturated heterocycles. The summed E-state index contributed by atoms with van der Waals surface area (Å²) in [4.78, 5) is 35.2. The summed E-state index contributed by atoms with van der Waals surface area (Å²) in [5.74, 6) is -0.832. The fourth-order valence-corrected chi connectivity index (χ4v) is 5.92. The first-order valence-electron chi connectivity index (χ1n) is 20.4. The maximum atomic E-state index is 12.6. The van der Waals surface area contributed by atoms with Crippen LogP contribution in [0.2, 0.25) is 0 Å². The van der Waals surface area contributed by atoms with E-state index in [9.17, 15) is 19.0 Å². The number of nitrogens with zero attached hydrogens (tertiary/aromatic N) is 1. The Morgan fingerprint density at radius 3 is 1.67 bits per heavy atom. The van der Waals surface area contributed by atoms with Gasteiger partial charge in [0.05, 0.1) is 27.7 Å². The number of unbranched alkanes of at least 4 members (excludes halogenated alkanes) is 16. The topological polar surface area (TPSA) is 108 Å². The van der Waals surface area contributed by atoms with Crippen LogP contribution in [-0.4, -0.2) is 74.9 Å². The zero-order valence-electron chi connectivity index (χ0n) is 33.8. The summed E-state index contributed by atoms with van der Waals surface area (Å²) in [6.07, 6.45) is 38.7. The molecule has 0 saturated carbocycles. The molecule has 0 heterocycles. The molecule has 0 spiro atoms. The Kier molecular flexibility index (Phi) is 33.4. The predicted octanol–water partition coefficient (Wildman–Crippen LogP) is 11.1. The molecule has 0 aliphatic rings. The Morgan fingerprint density at radius 2 is 1.12 bits per heavy atom. The van der Waals surface area contributed by atoms with Crippen LogP contribution in [0.5, 0.6) is 0 Å². The highest BCUT2D eigenvalue weighted by Gasteiger charge is 2.27. The van der Waals surface area contributed by atoms with Crippen LogP contribution < -0.4 is 0 Å². The molecule has 0 aromatic heterocycles. The molecule has 9 nitrogen and oxygen atoms in total. The zero-order chi connectivity index (χ0) is 38.6. The first kappa shape index (κ1) is 50.0. The van der Waals surface area contributed by atoms with Crippen LogP contribution in [0.3, 0.4) is 0 Å². The molecular formula is C42H77NO8P+. The Bertz CT molecular complexity index is 1030. The number of quaternary nitrogens is 1. The van der Waals surface area contributed by atoms with Crippen LogP contribution >= 0.6 is 7.82 Å². The van der Waals surface area contributed by atoms with Gasteiger partial charge in [-0.3, -0.25) is 18.6 Å². The van der Waals surface area contributed by atoms with E-state index in [-0.39, 0.29) is 32.0 Å². The van der Waals surface area contributed by atoms with Crippen molar-refractivity contribution >= 4 is 19.8 Å². The van der Waals surface area contributed by atoms with E-state index in [1.54, 1.807) is 0 Å². The number of rotatable bonds is 36. The van der Waals surface area contributed by atoms with E-state index < -0.39 is 26.5 Å². The Labute approximate surface area is 318 Å². The Balaban J connectivity index is 4.43. The minimum Gasteiger partial charge on any atom is -0.462 e. The summed E-state index contributed by atoms with van der Waals surface area (Å²) in [6, 6.07) is 0. The number of carbonyl (C=O) groups is 2. The highest BCUT2D eigenvalue weighted by molar-refractivity contribution is 7.47. The fourth-order valence-electron chi connectivity index (χ4n) is 5.18. The summed E-state index contributed by atoms with van der Waals surface area (Å²) in [5, 5.41) is 0. The number of hydrogen-bond donors (Lipinski definition) is 1. The number of phosphoric acid groups is 1. The lowest BCUT2D eigenvalue weighted by molar-refractivity contribution is -0.870. The van der Waals surface area contributed by atoms with Crippen LogP contribution in [0.1, 0.15) is 155 Å². The van der Waals surface area contributed by atoms with Gasteiger partial charge in [-0.25, -0.2) is 4.57 Å². The van der Waals surface area contributed by atoms with Crippen molar-refractivity contribution in [2.75, 3.05) is 47.5 Å². The van der Waals surface area contributed by atoms with Crippen LogP contribution in [0.25, 0.3) is 0 Å². The van der Waals surface area contributed by atoms with Gasteiger partial charge in [0, 0.05) is 12.8 Å². The molecule has 302 valence electrons. The SMILES string of the molecule is CC/C=C/C=C/C=C/CCCCCCCC(=O)OC(COC(=O)CCCCCCCCC/C=C/CCCCCC)COP(=O)(O)OCC[N+](C)(C)C. The van der Waals surface area contributed by atoms with Gasteiger partial charge in [0.2, 0.25) is 0 Å². The van der Waals surface area contributed by atoms with Crippen molar-refractivity contribution < 1.29 is 42.1 Å². The highest BCUT2D eigenvalue weighted by atomic mass is 31.2. The number of ether oxygens (including phenoxy) is 2. The summed E-state index contributed by atoms with van der Waals surface area (Å²) in [7, 11) is 1.45. The van der Waals surface area contributed by atoms with E-state index in [0.717, 1.165) is 70.6 Å². The molecule has 0 fully saturated rings. The average Bonchev–Trinajstić information content (AvgIpc) is 3.09. The number of allylic oxidation sites excluding steroid dienone is 8. The van der Waals surface area contributed by atoms with Gasteiger partial charge < -0.3 is 18.9 Å². The van der Waals surface area contributed by atoms with Gasteiger partial charge in [0.1, 0.15) is 19.8 Å². The summed E-state index contributed by atoms with van der Waals surface area (Å²) < 4.78 is 34.2. The summed E-state index contributed by atoms with van der Waals surface area (Å²) >= 11 is 0. The minimum atomic E-state index is -4.38. The number of carbonyl (C=O) groups excluding carboxylic acids is 2. The maximum absolute atomic E-state index is 12.6. The molecule has 0 aliphatic carbocycles. The molecule has 0 radical (unpaired) electrons. The average molecular weight is 755 g/mol. The molecule has 0 aliphatic heterocycles. The quantitative estimate of drug-likeness (QED) is 0.0168.